The highest BCUT2D eigenvalue weighted by atomic mass is 16.3. The summed E-state index contributed by atoms with van der Waals surface area (Å²) in [5, 5.41) is 13.0. The number of hydrogen-bond donors (Lipinski definition) is 2. The summed E-state index contributed by atoms with van der Waals surface area (Å²) in [5.74, 6) is 2.63. The standard InChI is InChI=1S/C13H24N2O/c1-2-3-4-5-8-14-11-13(16)12-15-9-6-7-10-15/h1,13-14,16H,3-12H2. The largest absolute Gasteiger partial charge is 0.390 e. The highest BCUT2D eigenvalue weighted by molar-refractivity contribution is 4.82. The number of likely N-dealkylation sites (tertiary alicyclic amines) is 1. The van der Waals surface area contributed by atoms with Crippen molar-refractivity contribution in [2.45, 2.75) is 38.2 Å². The normalized spacial score (nSPS) is 18.5. The Hall–Kier alpha value is -0.560. The number of nitrogens with one attached hydrogen (secondary N) is 1. The summed E-state index contributed by atoms with van der Waals surface area (Å²) in [6.07, 6.45) is 10.5. The van der Waals surface area contributed by atoms with Gasteiger partial charge in [-0.25, -0.2) is 0 Å². The van der Waals surface area contributed by atoms with Crippen LogP contribution in [-0.2, 0) is 0 Å². The van der Waals surface area contributed by atoms with Gasteiger partial charge in [-0.2, -0.15) is 0 Å². The first-order chi connectivity index (χ1) is 7.83. The third-order valence-electron chi connectivity index (χ3n) is 2.97. The van der Waals surface area contributed by atoms with E-state index < -0.39 is 0 Å². The summed E-state index contributed by atoms with van der Waals surface area (Å²) in [6.45, 7) is 4.78. The molecule has 92 valence electrons. The first-order valence-corrected chi connectivity index (χ1v) is 6.37. The number of aliphatic hydroxyl groups excluding tert-OH is 1. The third-order valence-corrected chi connectivity index (χ3v) is 2.97. The second-order valence-corrected chi connectivity index (χ2v) is 4.53. The lowest BCUT2D eigenvalue weighted by atomic mass is 10.2. The van der Waals surface area contributed by atoms with Crippen molar-refractivity contribution in [3.63, 3.8) is 0 Å². The molecule has 0 radical (unpaired) electrons. The molecule has 0 amide bonds. The molecule has 1 saturated heterocycles. The van der Waals surface area contributed by atoms with Gasteiger partial charge >= 0.3 is 0 Å². The fourth-order valence-electron chi connectivity index (χ4n) is 2.07. The minimum absolute atomic E-state index is 0.231. The number of unbranched alkanes of at least 4 members (excludes halogenated alkanes) is 2. The van der Waals surface area contributed by atoms with E-state index in [9.17, 15) is 5.11 Å². The molecule has 3 heteroatoms. The quantitative estimate of drug-likeness (QED) is 0.474. The lowest BCUT2D eigenvalue weighted by Gasteiger charge is -2.19. The Balaban J connectivity index is 1.89. The Labute approximate surface area is 99.2 Å². The van der Waals surface area contributed by atoms with Gasteiger partial charge in [-0.3, -0.25) is 0 Å². The molecule has 1 unspecified atom stereocenters. The van der Waals surface area contributed by atoms with Gasteiger partial charge in [-0.1, -0.05) is 0 Å². The van der Waals surface area contributed by atoms with Crippen LogP contribution in [0.25, 0.3) is 0 Å². The second kappa shape index (κ2) is 8.58. The fourth-order valence-corrected chi connectivity index (χ4v) is 2.07. The maximum atomic E-state index is 9.78. The summed E-state index contributed by atoms with van der Waals surface area (Å²) in [6, 6.07) is 0. The molecule has 0 aromatic heterocycles. The van der Waals surface area contributed by atoms with E-state index in [1.807, 2.05) is 0 Å². The number of hydrogen-bond acceptors (Lipinski definition) is 3. The van der Waals surface area contributed by atoms with Crippen LogP contribution in [0.5, 0.6) is 0 Å². The number of rotatable bonds is 8. The second-order valence-electron chi connectivity index (χ2n) is 4.53. The smallest absolute Gasteiger partial charge is 0.0791 e. The first-order valence-electron chi connectivity index (χ1n) is 6.37. The highest BCUT2D eigenvalue weighted by Gasteiger charge is 2.14. The highest BCUT2D eigenvalue weighted by Crippen LogP contribution is 2.07. The maximum Gasteiger partial charge on any atom is 0.0791 e. The van der Waals surface area contributed by atoms with E-state index in [0.29, 0.717) is 6.54 Å². The summed E-state index contributed by atoms with van der Waals surface area (Å²) in [7, 11) is 0. The van der Waals surface area contributed by atoms with E-state index in [2.05, 4.69) is 16.1 Å². The topological polar surface area (TPSA) is 35.5 Å². The molecule has 1 heterocycles. The monoisotopic (exact) mass is 224 g/mol. The van der Waals surface area contributed by atoms with Crippen molar-refractivity contribution in [1.29, 1.82) is 0 Å². The molecule has 0 aromatic carbocycles. The number of aliphatic hydroxyl groups is 1. The molecular weight excluding hydrogens is 200 g/mol. The zero-order chi connectivity index (χ0) is 11.6. The Morgan fingerprint density at radius 1 is 1.31 bits per heavy atom. The molecule has 0 bridgehead atoms. The molecule has 1 fully saturated rings. The summed E-state index contributed by atoms with van der Waals surface area (Å²) >= 11 is 0. The van der Waals surface area contributed by atoms with E-state index in [1.165, 1.54) is 12.8 Å². The summed E-state index contributed by atoms with van der Waals surface area (Å²) < 4.78 is 0. The van der Waals surface area contributed by atoms with Crippen molar-refractivity contribution in [1.82, 2.24) is 10.2 Å². The van der Waals surface area contributed by atoms with Gasteiger partial charge in [-0.05, 0) is 45.3 Å². The molecule has 1 rings (SSSR count). The van der Waals surface area contributed by atoms with Crippen LogP contribution in [0.15, 0.2) is 0 Å². The van der Waals surface area contributed by atoms with E-state index in [4.69, 9.17) is 6.42 Å². The molecule has 1 atom stereocenters. The van der Waals surface area contributed by atoms with E-state index >= 15 is 0 Å². The molecule has 16 heavy (non-hydrogen) atoms. The zero-order valence-corrected chi connectivity index (χ0v) is 10.1. The van der Waals surface area contributed by atoms with Crippen LogP contribution >= 0.6 is 0 Å². The molecule has 0 spiro atoms. The molecule has 0 saturated carbocycles. The molecule has 2 N–H and O–H groups in total. The van der Waals surface area contributed by atoms with Crippen molar-refractivity contribution in [3.05, 3.63) is 0 Å². The average molecular weight is 224 g/mol. The average Bonchev–Trinajstić information content (AvgIpc) is 2.76. The summed E-state index contributed by atoms with van der Waals surface area (Å²) in [5.41, 5.74) is 0. The predicted molar refractivity (Wildman–Crippen MR) is 67.2 cm³/mol. The minimum atomic E-state index is -0.231. The number of nitrogens with zero attached hydrogens (tertiary/aromatic N) is 1. The summed E-state index contributed by atoms with van der Waals surface area (Å²) in [4.78, 5) is 2.34. The lowest BCUT2D eigenvalue weighted by molar-refractivity contribution is 0.123. The van der Waals surface area contributed by atoms with Crippen LogP contribution in [0, 0.1) is 12.3 Å². The zero-order valence-electron chi connectivity index (χ0n) is 10.1. The van der Waals surface area contributed by atoms with Crippen molar-refractivity contribution in [3.8, 4) is 12.3 Å². The van der Waals surface area contributed by atoms with Crippen LogP contribution in [0.2, 0.25) is 0 Å². The van der Waals surface area contributed by atoms with Crippen molar-refractivity contribution in [2.24, 2.45) is 0 Å². The molecular formula is C13H24N2O. The van der Waals surface area contributed by atoms with Crippen molar-refractivity contribution < 1.29 is 5.11 Å². The fraction of sp³-hybridized carbons (Fsp3) is 0.846. The van der Waals surface area contributed by atoms with Crippen molar-refractivity contribution >= 4 is 0 Å². The van der Waals surface area contributed by atoms with Gasteiger partial charge in [0.15, 0.2) is 0 Å². The van der Waals surface area contributed by atoms with Crippen LogP contribution in [-0.4, -0.2) is 48.8 Å². The lowest BCUT2D eigenvalue weighted by Crippen LogP contribution is -2.37. The number of terminal acetylenes is 1. The van der Waals surface area contributed by atoms with E-state index in [1.54, 1.807) is 0 Å². The van der Waals surface area contributed by atoms with Crippen LogP contribution in [0.4, 0.5) is 0 Å². The third kappa shape index (κ3) is 6.12. The Morgan fingerprint density at radius 2 is 2.06 bits per heavy atom. The molecule has 1 aliphatic heterocycles. The Kier molecular flexibility index (Phi) is 7.24. The SMILES string of the molecule is C#CCCCCNCC(O)CN1CCCC1. The minimum Gasteiger partial charge on any atom is -0.390 e. The molecule has 0 aliphatic carbocycles. The van der Waals surface area contributed by atoms with Crippen molar-refractivity contribution in [2.75, 3.05) is 32.7 Å². The Bertz CT molecular complexity index is 206. The van der Waals surface area contributed by atoms with Gasteiger partial charge in [0.25, 0.3) is 0 Å². The molecule has 0 aromatic rings. The Morgan fingerprint density at radius 3 is 2.75 bits per heavy atom. The van der Waals surface area contributed by atoms with Crippen LogP contribution < -0.4 is 5.32 Å². The number of β-amino-alcohol motifs (C(OH)–C–C–N with tert-alkyl or cyclic N) is 1. The van der Waals surface area contributed by atoms with E-state index in [-0.39, 0.29) is 6.10 Å². The molecule has 3 nitrogen and oxygen atoms in total. The van der Waals surface area contributed by atoms with Gasteiger partial charge in [0.05, 0.1) is 6.10 Å². The van der Waals surface area contributed by atoms with Gasteiger partial charge in [0.2, 0.25) is 0 Å². The maximum absolute atomic E-state index is 9.78. The van der Waals surface area contributed by atoms with Gasteiger partial charge < -0.3 is 15.3 Å². The van der Waals surface area contributed by atoms with Crippen LogP contribution in [0.3, 0.4) is 0 Å². The van der Waals surface area contributed by atoms with Gasteiger partial charge in [0.1, 0.15) is 0 Å². The van der Waals surface area contributed by atoms with E-state index in [0.717, 1.165) is 45.4 Å². The van der Waals surface area contributed by atoms with Gasteiger partial charge in [-0.15, -0.1) is 12.3 Å². The first kappa shape index (κ1) is 13.5. The predicted octanol–water partition coefficient (Wildman–Crippen LogP) is 0.836. The molecule has 1 aliphatic rings. The van der Waals surface area contributed by atoms with Crippen LogP contribution in [0.1, 0.15) is 32.1 Å². The van der Waals surface area contributed by atoms with Gasteiger partial charge in [0, 0.05) is 19.5 Å².